The second-order valence-corrected chi connectivity index (χ2v) is 9.02. The molecule has 3 aromatic carbocycles. The second kappa shape index (κ2) is 10.7. The van der Waals surface area contributed by atoms with Crippen molar-refractivity contribution < 1.29 is 14.1 Å². The second-order valence-electron chi connectivity index (χ2n) is 7.42. The zero-order chi connectivity index (χ0) is 24.1. The van der Waals surface area contributed by atoms with E-state index < -0.39 is 5.25 Å². The molecule has 4 rings (SSSR count). The van der Waals surface area contributed by atoms with E-state index in [1.54, 1.807) is 42.5 Å². The molecule has 0 amide bonds. The number of aryl methyl sites for hydroxylation is 1. The van der Waals surface area contributed by atoms with Gasteiger partial charge >= 0.3 is 0 Å². The van der Waals surface area contributed by atoms with Gasteiger partial charge in [0, 0.05) is 21.2 Å². The first-order chi connectivity index (χ1) is 16.4. The van der Waals surface area contributed by atoms with Crippen LogP contribution in [-0.2, 0) is 6.61 Å². The summed E-state index contributed by atoms with van der Waals surface area (Å²) in [4.78, 5) is 11.2. The van der Waals surface area contributed by atoms with Gasteiger partial charge in [0.2, 0.25) is 6.54 Å². The van der Waals surface area contributed by atoms with E-state index >= 15 is 0 Å². The van der Waals surface area contributed by atoms with Gasteiger partial charge in [0.25, 0.3) is 0 Å². The van der Waals surface area contributed by atoms with E-state index in [9.17, 15) is 14.5 Å². The highest BCUT2D eigenvalue weighted by molar-refractivity contribution is 7.99. The molecule has 0 aliphatic carbocycles. The fourth-order valence-electron chi connectivity index (χ4n) is 3.39. The van der Waals surface area contributed by atoms with Crippen LogP contribution in [0, 0.1) is 22.9 Å². The van der Waals surface area contributed by atoms with Crippen molar-refractivity contribution >= 4 is 23.4 Å². The number of benzene rings is 3. The van der Waals surface area contributed by atoms with Crippen LogP contribution in [0.2, 0.25) is 5.02 Å². The van der Waals surface area contributed by atoms with E-state index in [4.69, 9.17) is 16.3 Å². The monoisotopic (exact) mass is 498 g/mol. The van der Waals surface area contributed by atoms with Gasteiger partial charge in [-0.1, -0.05) is 53.7 Å². The van der Waals surface area contributed by atoms with Crippen LogP contribution < -0.4 is 4.74 Å². The van der Waals surface area contributed by atoms with Gasteiger partial charge < -0.3 is 4.74 Å². The van der Waals surface area contributed by atoms with E-state index in [0.717, 1.165) is 11.3 Å². The predicted molar refractivity (Wildman–Crippen MR) is 129 cm³/mol. The Hall–Kier alpha value is -3.43. The highest BCUT2D eigenvalue weighted by atomic mass is 35.5. The summed E-state index contributed by atoms with van der Waals surface area (Å²) in [6, 6.07) is 20.4. The molecule has 0 saturated heterocycles. The van der Waals surface area contributed by atoms with Crippen molar-refractivity contribution in [1.29, 1.82) is 0 Å². The minimum Gasteiger partial charge on any atom is -0.489 e. The Balaban J connectivity index is 1.63. The number of halogens is 2. The summed E-state index contributed by atoms with van der Waals surface area (Å²) in [5, 5.41) is 20.5. The van der Waals surface area contributed by atoms with Crippen LogP contribution in [0.25, 0.3) is 5.69 Å². The number of aromatic nitrogens is 3. The molecule has 0 spiro atoms. The summed E-state index contributed by atoms with van der Waals surface area (Å²) in [7, 11) is 0. The lowest BCUT2D eigenvalue weighted by Crippen LogP contribution is -2.12. The Morgan fingerprint density at radius 2 is 1.79 bits per heavy atom. The van der Waals surface area contributed by atoms with Crippen molar-refractivity contribution in [2.45, 2.75) is 23.9 Å². The maximum atomic E-state index is 13.2. The largest absolute Gasteiger partial charge is 0.489 e. The summed E-state index contributed by atoms with van der Waals surface area (Å²) < 4.78 is 21.0. The zero-order valence-electron chi connectivity index (χ0n) is 18.1. The number of nitro groups is 1. The molecule has 0 N–H and O–H groups in total. The van der Waals surface area contributed by atoms with Gasteiger partial charge in [-0.15, -0.1) is 10.2 Å². The molecule has 10 heteroatoms. The topological polar surface area (TPSA) is 83.1 Å². The van der Waals surface area contributed by atoms with Crippen LogP contribution in [0.5, 0.6) is 5.75 Å². The SMILES string of the molecule is Cc1nnc(S[C@@H](C[N+](=O)[O-])c2ccccc2OCc2ccc(F)cc2)n1-c1ccc(Cl)cc1. The maximum absolute atomic E-state index is 13.2. The molecule has 1 aromatic heterocycles. The van der Waals surface area contributed by atoms with Crippen LogP contribution >= 0.6 is 23.4 Å². The van der Waals surface area contributed by atoms with E-state index in [-0.39, 0.29) is 23.9 Å². The molecule has 1 atom stereocenters. The molecular weight excluding hydrogens is 479 g/mol. The number of para-hydroxylation sites is 1. The third-order valence-corrected chi connectivity index (χ3v) is 6.43. The summed E-state index contributed by atoms with van der Waals surface area (Å²) >= 11 is 7.26. The van der Waals surface area contributed by atoms with Gasteiger partial charge in [0.1, 0.15) is 29.2 Å². The quantitative estimate of drug-likeness (QED) is 0.158. The van der Waals surface area contributed by atoms with E-state index in [2.05, 4.69) is 10.2 Å². The van der Waals surface area contributed by atoms with Gasteiger partial charge in [-0.25, -0.2) is 4.39 Å². The number of hydrogen-bond acceptors (Lipinski definition) is 6. The van der Waals surface area contributed by atoms with Crippen molar-refractivity contribution in [2.24, 2.45) is 0 Å². The molecule has 1 heterocycles. The van der Waals surface area contributed by atoms with Gasteiger partial charge in [0.15, 0.2) is 5.16 Å². The van der Waals surface area contributed by atoms with E-state index in [0.29, 0.717) is 27.3 Å². The molecular formula is C24H20ClFN4O3S. The van der Waals surface area contributed by atoms with Gasteiger partial charge in [-0.05, 0) is 55.0 Å². The fraction of sp³-hybridized carbons (Fsp3) is 0.167. The average molecular weight is 499 g/mol. The number of thioether (sulfide) groups is 1. The van der Waals surface area contributed by atoms with Gasteiger partial charge in [-0.2, -0.15) is 0 Å². The minimum absolute atomic E-state index is 0.202. The van der Waals surface area contributed by atoms with Crippen molar-refractivity contribution in [1.82, 2.24) is 14.8 Å². The lowest BCUT2D eigenvalue weighted by Gasteiger charge is -2.18. The van der Waals surface area contributed by atoms with Crippen LogP contribution in [0.3, 0.4) is 0 Å². The van der Waals surface area contributed by atoms with Crippen molar-refractivity contribution in [3.63, 3.8) is 0 Å². The smallest absolute Gasteiger partial charge is 0.220 e. The molecule has 7 nitrogen and oxygen atoms in total. The Morgan fingerprint density at radius 3 is 2.50 bits per heavy atom. The standard InChI is InChI=1S/C24H20ClFN4O3S/c1-16-27-28-24(30(16)20-12-8-18(25)9-13-20)34-23(14-29(31)32)21-4-2-3-5-22(21)33-15-17-6-10-19(26)11-7-17/h2-13,23H,14-15H2,1H3/t23-/m0/s1. The van der Waals surface area contributed by atoms with Crippen LogP contribution in [-0.4, -0.2) is 26.2 Å². The molecule has 0 radical (unpaired) electrons. The van der Waals surface area contributed by atoms with E-state index in [1.807, 2.05) is 29.7 Å². The van der Waals surface area contributed by atoms with Crippen LogP contribution in [0.1, 0.15) is 22.2 Å². The predicted octanol–water partition coefficient (Wildman–Crippen LogP) is 6.06. The van der Waals surface area contributed by atoms with E-state index in [1.165, 1.54) is 23.9 Å². The Morgan fingerprint density at radius 1 is 1.09 bits per heavy atom. The molecule has 0 aliphatic heterocycles. The minimum atomic E-state index is -0.589. The number of ether oxygens (including phenoxy) is 1. The first-order valence-electron chi connectivity index (χ1n) is 10.3. The number of nitrogens with zero attached hydrogens (tertiary/aromatic N) is 4. The molecule has 0 bridgehead atoms. The van der Waals surface area contributed by atoms with Crippen LogP contribution in [0.15, 0.2) is 78.0 Å². The Kier molecular flexibility index (Phi) is 7.44. The number of hydrogen-bond donors (Lipinski definition) is 0. The van der Waals surface area contributed by atoms with Crippen molar-refractivity contribution in [2.75, 3.05) is 6.54 Å². The lowest BCUT2D eigenvalue weighted by molar-refractivity contribution is -0.479. The lowest BCUT2D eigenvalue weighted by atomic mass is 10.1. The molecule has 174 valence electrons. The van der Waals surface area contributed by atoms with Crippen LogP contribution in [0.4, 0.5) is 4.39 Å². The fourth-order valence-corrected chi connectivity index (χ4v) is 4.72. The molecule has 4 aromatic rings. The molecule has 0 saturated carbocycles. The summed E-state index contributed by atoms with van der Waals surface area (Å²) in [6.07, 6.45) is 0. The molecule has 0 unspecified atom stereocenters. The summed E-state index contributed by atoms with van der Waals surface area (Å²) in [6.45, 7) is 1.68. The first kappa shape index (κ1) is 23.7. The zero-order valence-corrected chi connectivity index (χ0v) is 19.7. The molecule has 0 aliphatic rings. The van der Waals surface area contributed by atoms with Gasteiger partial charge in [0.05, 0.1) is 0 Å². The normalized spacial score (nSPS) is 11.9. The summed E-state index contributed by atoms with van der Waals surface area (Å²) in [5.41, 5.74) is 2.25. The van der Waals surface area contributed by atoms with Crippen molar-refractivity contribution in [3.05, 3.63) is 111 Å². The highest BCUT2D eigenvalue weighted by Gasteiger charge is 2.26. The van der Waals surface area contributed by atoms with Gasteiger partial charge in [-0.3, -0.25) is 14.7 Å². The van der Waals surface area contributed by atoms with Crippen molar-refractivity contribution in [3.8, 4) is 11.4 Å². The third-order valence-electron chi connectivity index (χ3n) is 5.02. The third kappa shape index (κ3) is 5.73. The molecule has 34 heavy (non-hydrogen) atoms. The number of rotatable bonds is 9. The maximum Gasteiger partial charge on any atom is 0.220 e. The summed E-state index contributed by atoms with van der Waals surface area (Å²) in [5.74, 6) is 0.831. The molecule has 0 fully saturated rings. The Bertz CT molecular complexity index is 1280. The average Bonchev–Trinajstić information content (AvgIpc) is 3.18. The highest BCUT2D eigenvalue weighted by Crippen LogP contribution is 2.40. The first-order valence-corrected chi connectivity index (χ1v) is 11.6. The Labute approximate surface area is 204 Å².